The highest BCUT2D eigenvalue weighted by Crippen LogP contribution is 2.11. The van der Waals surface area contributed by atoms with Gasteiger partial charge in [-0.05, 0) is 24.3 Å². The van der Waals surface area contributed by atoms with Crippen LogP contribution in [0, 0.1) is 0 Å². The fourth-order valence-electron chi connectivity index (χ4n) is 1.79. The number of nitrogens with one attached hydrogen (secondary N) is 2. The number of carboxylic acid groups (broad SMARTS) is 1. The monoisotopic (exact) mass is 289 g/mol. The van der Waals surface area contributed by atoms with Crippen molar-refractivity contribution in [3.63, 3.8) is 0 Å². The Hall–Kier alpha value is -2.83. The van der Waals surface area contributed by atoms with Gasteiger partial charge in [-0.15, -0.1) is 0 Å². The van der Waals surface area contributed by atoms with E-state index in [0.717, 1.165) is 0 Å². The predicted octanol–water partition coefficient (Wildman–Crippen LogP) is 0.844. The van der Waals surface area contributed by atoms with Crippen molar-refractivity contribution in [2.45, 2.75) is 12.5 Å². The minimum atomic E-state index is -1.12. The Morgan fingerprint density at radius 2 is 2.10 bits per heavy atom. The topological polar surface area (TPSA) is 104 Å². The smallest absolute Gasteiger partial charge is 0.326 e. The Labute approximate surface area is 121 Å². The van der Waals surface area contributed by atoms with E-state index in [9.17, 15) is 14.7 Å². The lowest BCUT2D eigenvalue weighted by Gasteiger charge is -2.13. The van der Waals surface area contributed by atoms with Gasteiger partial charge in [-0.1, -0.05) is 0 Å². The number of imidazole rings is 1. The van der Waals surface area contributed by atoms with Gasteiger partial charge in [0.05, 0.1) is 7.11 Å². The number of hydrogen-bond donors (Lipinski definition) is 3. The van der Waals surface area contributed by atoms with Gasteiger partial charge in [0, 0.05) is 24.4 Å². The molecular weight excluding hydrogens is 274 g/mol. The van der Waals surface area contributed by atoms with E-state index in [2.05, 4.69) is 15.3 Å². The number of aliphatic carboxylic acids is 1. The zero-order valence-corrected chi connectivity index (χ0v) is 11.4. The van der Waals surface area contributed by atoms with Crippen LogP contribution in [0.25, 0.3) is 0 Å². The van der Waals surface area contributed by atoms with E-state index in [1.165, 1.54) is 13.3 Å². The lowest BCUT2D eigenvalue weighted by Crippen LogP contribution is -2.42. The minimum absolute atomic E-state index is 0.0875. The van der Waals surface area contributed by atoms with Crippen molar-refractivity contribution in [1.29, 1.82) is 0 Å². The third-order valence-electron chi connectivity index (χ3n) is 2.91. The van der Waals surface area contributed by atoms with E-state index in [4.69, 9.17) is 4.74 Å². The number of H-pyrrole nitrogens is 1. The third-order valence-corrected chi connectivity index (χ3v) is 2.91. The Morgan fingerprint density at radius 1 is 1.38 bits per heavy atom. The highest BCUT2D eigenvalue weighted by Gasteiger charge is 2.22. The number of amides is 1. The highest BCUT2D eigenvalue weighted by atomic mass is 16.5. The molecule has 0 spiro atoms. The Balaban J connectivity index is 2.05. The van der Waals surface area contributed by atoms with Gasteiger partial charge in [0.1, 0.15) is 17.6 Å². The summed E-state index contributed by atoms with van der Waals surface area (Å²) in [5, 5.41) is 11.6. The van der Waals surface area contributed by atoms with Crippen molar-refractivity contribution < 1.29 is 19.4 Å². The fourth-order valence-corrected chi connectivity index (χ4v) is 1.79. The Morgan fingerprint density at radius 3 is 2.62 bits per heavy atom. The van der Waals surface area contributed by atoms with Crippen LogP contribution in [-0.4, -0.2) is 40.1 Å². The summed E-state index contributed by atoms with van der Waals surface area (Å²) in [6, 6.07) is 5.36. The van der Waals surface area contributed by atoms with Crippen molar-refractivity contribution in [3.05, 3.63) is 48.0 Å². The maximum Gasteiger partial charge on any atom is 0.326 e. The predicted molar refractivity (Wildman–Crippen MR) is 74.2 cm³/mol. The number of rotatable bonds is 6. The molecule has 7 heteroatoms. The van der Waals surface area contributed by atoms with E-state index in [1.807, 2.05) is 0 Å². The van der Waals surface area contributed by atoms with E-state index in [-0.39, 0.29) is 6.42 Å². The Kier molecular flexibility index (Phi) is 4.55. The number of aromatic nitrogens is 2. The van der Waals surface area contributed by atoms with Crippen LogP contribution in [-0.2, 0) is 11.2 Å². The van der Waals surface area contributed by atoms with Crippen LogP contribution in [0.1, 0.15) is 16.2 Å². The first-order chi connectivity index (χ1) is 10.1. The van der Waals surface area contributed by atoms with Gasteiger partial charge in [0.25, 0.3) is 5.91 Å². The van der Waals surface area contributed by atoms with Gasteiger partial charge >= 0.3 is 5.97 Å². The second kappa shape index (κ2) is 6.56. The number of hydrogen-bond acceptors (Lipinski definition) is 4. The number of carbonyl (C=O) groups excluding carboxylic acids is 1. The number of methoxy groups -OCH3 is 1. The third kappa shape index (κ3) is 3.82. The summed E-state index contributed by atoms with van der Waals surface area (Å²) >= 11 is 0. The summed E-state index contributed by atoms with van der Waals surface area (Å²) in [6.07, 6.45) is 3.21. The van der Waals surface area contributed by atoms with Crippen LogP contribution in [0.15, 0.2) is 36.7 Å². The van der Waals surface area contributed by atoms with Crippen molar-refractivity contribution >= 4 is 11.9 Å². The van der Waals surface area contributed by atoms with Gasteiger partial charge in [-0.3, -0.25) is 4.79 Å². The molecule has 1 heterocycles. The van der Waals surface area contributed by atoms with Crippen LogP contribution in [0.4, 0.5) is 0 Å². The lowest BCUT2D eigenvalue weighted by atomic mass is 10.1. The van der Waals surface area contributed by atoms with Gasteiger partial charge < -0.3 is 20.1 Å². The van der Waals surface area contributed by atoms with Gasteiger partial charge in [-0.2, -0.15) is 0 Å². The Bertz CT molecular complexity index is 608. The first kappa shape index (κ1) is 14.6. The lowest BCUT2D eigenvalue weighted by molar-refractivity contribution is -0.139. The van der Waals surface area contributed by atoms with Crippen molar-refractivity contribution in [2.24, 2.45) is 0 Å². The molecule has 0 bridgehead atoms. The van der Waals surface area contributed by atoms with E-state index in [0.29, 0.717) is 17.1 Å². The van der Waals surface area contributed by atoms with Gasteiger partial charge in [0.15, 0.2) is 0 Å². The summed E-state index contributed by atoms with van der Waals surface area (Å²) in [6.45, 7) is 0. The molecule has 3 N–H and O–H groups in total. The zero-order chi connectivity index (χ0) is 15.2. The summed E-state index contributed by atoms with van der Waals surface area (Å²) in [5.41, 5.74) is 0.362. The summed E-state index contributed by atoms with van der Waals surface area (Å²) in [7, 11) is 1.53. The van der Waals surface area contributed by atoms with Crippen LogP contribution in [0.3, 0.4) is 0 Å². The molecule has 0 radical (unpaired) electrons. The first-order valence-electron chi connectivity index (χ1n) is 6.26. The van der Waals surface area contributed by atoms with Gasteiger partial charge in [0.2, 0.25) is 0 Å². The molecule has 0 fully saturated rings. The second-order valence-electron chi connectivity index (χ2n) is 4.33. The molecule has 1 aromatic heterocycles. The van der Waals surface area contributed by atoms with Crippen LogP contribution >= 0.6 is 0 Å². The van der Waals surface area contributed by atoms with Crippen molar-refractivity contribution in [3.8, 4) is 5.75 Å². The molecular formula is C14H15N3O4. The average molecular weight is 289 g/mol. The maximum atomic E-state index is 12.0. The molecule has 0 aliphatic heterocycles. The molecule has 0 saturated heterocycles. The molecule has 0 aliphatic carbocycles. The van der Waals surface area contributed by atoms with Crippen LogP contribution < -0.4 is 10.1 Å². The quantitative estimate of drug-likeness (QED) is 0.731. The molecule has 1 atom stereocenters. The zero-order valence-electron chi connectivity index (χ0n) is 11.4. The van der Waals surface area contributed by atoms with E-state index < -0.39 is 17.9 Å². The largest absolute Gasteiger partial charge is 0.497 e. The van der Waals surface area contributed by atoms with Crippen LogP contribution in [0.5, 0.6) is 5.75 Å². The number of nitrogens with zero attached hydrogens (tertiary/aromatic N) is 1. The SMILES string of the molecule is COc1ccc(C(=O)NC(Cc2ncc[nH]2)C(=O)O)cc1. The molecule has 0 saturated carbocycles. The van der Waals surface area contributed by atoms with E-state index in [1.54, 1.807) is 30.5 Å². The highest BCUT2D eigenvalue weighted by molar-refractivity contribution is 5.96. The molecule has 21 heavy (non-hydrogen) atoms. The first-order valence-corrected chi connectivity index (χ1v) is 6.26. The van der Waals surface area contributed by atoms with Crippen LogP contribution in [0.2, 0.25) is 0 Å². The second-order valence-corrected chi connectivity index (χ2v) is 4.33. The molecule has 1 unspecified atom stereocenters. The fraction of sp³-hybridized carbons (Fsp3) is 0.214. The maximum absolute atomic E-state index is 12.0. The number of ether oxygens (including phenoxy) is 1. The molecule has 2 rings (SSSR count). The van der Waals surface area contributed by atoms with Gasteiger partial charge in [-0.25, -0.2) is 9.78 Å². The number of benzene rings is 1. The molecule has 0 aliphatic rings. The molecule has 1 amide bonds. The summed E-state index contributed by atoms with van der Waals surface area (Å²) in [5.74, 6) is -0.459. The molecule has 2 aromatic rings. The normalized spacial score (nSPS) is 11.7. The number of carboxylic acids is 1. The number of aromatic amines is 1. The van der Waals surface area contributed by atoms with E-state index >= 15 is 0 Å². The van der Waals surface area contributed by atoms with Crippen molar-refractivity contribution in [1.82, 2.24) is 15.3 Å². The minimum Gasteiger partial charge on any atom is -0.497 e. The van der Waals surface area contributed by atoms with Crippen molar-refractivity contribution in [2.75, 3.05) is 7.11 Å². The summed E-state index contributed by atoms with van der Waals surface area (Å²) < 4.78 is 5.00. The number of carbonyl (C=O) groups is 2. The average Bonchev–Trinajstić information content (AvgIpc) is 2.99. The molecule has 1 aromatic carbocycles. The molecule has 110 valence electrons. The summed E-state index contributed by atoms with van der Waals surface area (Å²) in [4.78, 5) is 30.0. The standard InChI is InChI=1S/C14H15N3O4/c1-21-10-4-2-9(3-5-10)13(18)17-11(14(19)20)8-12-15-6-7-16-12/h2-7,11H,8H2,1H3,(H,15,16)(H,17,18)(H,19,20). The molecule has 7 nitrogen and oxygen atoms in total.